The zero-order chi connectivity index (χ0) is 16.4. The van der Waals surface area contributed by atoms with Crippen molar-refractivity contribution in [1.29, 1.82) is 0 Å². The van der Waals surface area contributed by atoms with Crippen molar-refractivity contribution in [2.75, 3.05) is 20.6 Å². The fraction of sp³-hybridized carbons (Fsp3) is 0.316. The SMILES string of the molecule is CN(CC1Cc2ccccc2CN1C)C(=O)c1cccc(Cl)c1. The number of halogens is 1. The predicted octanol–water partition coefficient (Wildman–Crippen LogP) is 3.47. The average Bonchev–Trinajstić information content (AvgIpc) is 2.54. The molecule has 0 N–H and O–H groups in total. The molecule has 0 fully saturated rings. The van der Waals surface area contributed by atoms with Gasteiger partial charge in [0.15, 0.2) is 0 Å². The largest absolute Gasteiger partial charge is 0.340 e. The monoisotopic (exact) mass is 328 g/mol. The first-order valence-electron chi connectivity index (χ1n) is 7.82. The quantitative estimate of drug-likeness (QED) is 0.861. The summed E-state index contributed by atoms with van der Waals surface area (Å²) in [4.78, 5) is 16.7. The lowest BCUT2D eigenvalue weighted by Gasteiger charge is -2.36. The Hall–Kier alpha value is -1.84. The third-order valence-corrected chi connectivity index (χ3v) is 4.75. The van der Waals surface area contributed by atoms with Crippen LogP contribution in [0, 0.1) is 0 Å². The Morgan fingerprint density at radius 1 is 1.22 bits per heavy atom. The van der Waals surface area contributed by atoms with E-state index < -0.39 is 0 Å². The molecular formula is C19H21ClN2O. The van der Waals surface area contributed by atoms with Gasteiger partial charge >= 0.3 is 0 Å². The van der Waals surface area contributed by atoms with Gasteiger partial charge in [-0.05, 0) is 42.8 Å². The fourth-order valence-electron chi connectivity index (χ4n) is 3.16. The van der Waals surface area contributed by atoms with E-state index in [0.29, 0.717) is 23.2 Å². The van der Waals surface area contributed by atoms with Crippen LogP contribution >= 0.6 is 11.6 Å². The molecule has 0 aliphatic carbocycles. The summed E-state index contributed by atoms with van der Waals surface area (Å²) >= 11 is 5.99. The molecule has 0 saturated heterocycles. The standard InChI is InChI=1S/C19H21ClN2O/c1-21-12-16-7-4-3-6-14(16)11-18(21)13-22(2)19(23)15-8-5-9-17(20)10-15/h3-10,18H,11-13H2,1-2H3. The van der Waals surface area contributed by atoms with Crippen LogP contribution in [0.2, 0.25) is 5.02 Å². The van der Waals surface area contributed by atoms with Gasteiger partial charge in [0, 0.05) is 36.8 Å². The van der Waals surface area contributed by atoms with Crippen molar-refractivity contribution in [3.63, 3.8) is 0 Å². The first-order valence-corrected chi connectivity index (χ1v) is 8.20. The Morgan fingerprint density at radius 2 is 1.96 bits per heavy atom. The lowest BCUT2D eigenvalue weighted by atomic mass is 9.94. The Labute approximate surface area is 142 Å². The lowest BCUT2D eigenvalue weighted by Crippen LogP contribution is -2.46. The summed E-state index contributed by atoms with van der Waals surface area (Å²) in [6.07, 6.45) is 0.972. The van der Waals surface area contributed by atoms with E-state index in [9.17, 15) is 4.79 Å². The van der Waals surface area contributed by atoms with Gasteiger partial charge in [0.05, 0.1) is 0 Å². The maximum Gasteiger partial charge on any atom is 0.253 e. The molecule has 1 atom stereocenters. The number of carbonyl (C=O) groups is 1. The van der Waals surface area contributed by atoms with Crippen LogP contribution in [-0.4, -0.2) is 42.4 Å². The van der Waals surface area contributed by atoms with Gasteiger partial charge in [0.2, 0.25) is 0 Å². The second kappa shape index (κ2) is 6.73. The van der Waals surface area contributed by atoms with Crippen molar-refractivity contribution >= 4 is 17.5 Å². The number of likely N-dealkylation sites (N-methyl/N-ethyl adjacent to an activating group) is 2. The highest BCUT2D eigenvalue weighted by Gasteiger charge is 2.25. The molecule has 23 heavy (non-hydrogen) atoms. The molecule has 0 spiro atoms. The van der Waals surface area contributed by atoms with Crippen molar-refractivity contribution < 1.29 is 4.79 Å². The Morgan fingerprint density at radius 3 is 2.70 bits per heavy atom. The van der Waals surface area contributed by atoms with Gasteiger partial charge in [-0.3, -0.25) is 9.69 Å². The highest BCUT2D eigenvalue weighted by atomic mass is 35.5. The van der Waals surface area contributed by atoms with Crippen LogP contribution in [0.1, 0.15) is 21.5 Å². The highest BCUT2D eigenvalue weighted by molar-refractivity contribution is 6.30. The lowest BCUT2D eigenvalue weighted by molar-refractivity contribution is 0.0733. The van der Waals surface area contributed by atoms with E-state index in [1.54, 1.807) is 17.0 Å². The first-order chi connectivity index (χ1) is 11.0. The molecule has 1 unspecified atom stereocenters. The molecule has 3 nitrogen and oxygen atoms in total. The number of benzene rings is 2. The number of carbonyl (C=O) groups excluding carboxylic acids is 1. The zero-order valence-corrected chi connectivity index (χ0v) is 14.3. The van der Waals surface area contributed by atoms with Crippen molar-refractivity contribution in [2.45, 2.75) is 19.0 Å². The van der Waals surface area contributed by atoms with Crippen molar-refractivity contribution in [1.82, 2.24) is 9.80 Å². The van der Waals surface area contributed by atoms with Gasteiger partial charge < -0.3 is 4.90 Å². The Kier molecular flexibility index (Phi) is 4.69. The smallest absolute Gasteiger partial charge is 0.253 e. The number of amides is 1. The number of nitrogens with zero attached hydrogens (tertiary/aromatic N) is 2. The maximum atomic E-state index is 12.6. The van der Waals surface area contributed by atoms with Crippen LogP contribution in [-0.2, 0) is 13.0 Å². The summed E-state index contributed by atoms with van der Waals surface area (Å²) in [5.41, 5.74) is 3.41. The van der Waals surface area contributed by atoms with Crippen LogP contribution in [0.4, 0.5) is 0 Å². The molecule has 120 valence electrons. The van der Waals surface area contributed by atoms with Crippen LogP contribution in [0.5, 0.6) is 0 Å². The summed E-state index contributed by atoms with van der Waals surface area (Å²) in [7, 11) is 3.98. The highest BCUT2D eigenvalue weighted by Crippen LogP contribution is 2.22. The van der Waals surface area contributed by atoms with E-state index >= 15 is 0 Å². The van der Waals surface area contributed by atoms with Crippen LogP contribution in [0.3, 0.4) is 0 Å². The summed E-state index contributed by atoms with van der Waals surface area (Å²) in [6.45, 7) is 1.64. The summed E-state index contributed by atoms with van der Waals surface area (Å²) in [6, 6.07) is 16.0. The molecule has 0 aromatic heterocycles. The Balaban J connectivity index is 1.70. The minimum absolute atomic E-state index is 0.0137. The molecule has 2 aromatic rings. The van der Waals surface area contributed by atoms with E-state index in [-0.39, 0.29) is 5.91 Å². The van der Waals surface area contributed by atoms with Crippen LogP contribution < -0.4 is 0 Å². The molecule has 3 rings (SSSR count). The molecule has 1 heterocycles. The van der Waals surface area contributed by atoms with Crippen molar-refractivity contribution in [3.8, 4) is 0 Å². The van der Waals surface area contributed by atoms with Gasteiger partial charge in [-0.2, -0.15) is 0 Å². The number of rotatable bonds is 3. The summed E-state index contributed by atoms with van der Waals surface area (Å²) in [5, 5.41) is 0.591. The Bertz CT molecular complexity index is 716. The maximum absolute atomic E-state index is 12.6. The predicted molar refractivity (Wildman–Crippen MR) is 93.8 cm³/mol. The van der Waals surface area contributed by atoms with Crippen LogP contribution in [0.15, 0.2) is 48.5 Å². The minimum Gasteiger partial charge on any atom is -0.340 e. The molecule has 1 amide bonds. The summed E-state index contributed by atoms with van der Waals surface area (Å²) in [5.74, 6) is 0.0137. The molecule has 1 aliphatic rings. The molecule has 1 aliphatic heterocycles. The van der Waals surface area contributed by atoms with Crippen molar-refractivity contribution in [2.24, 2.45) is 0 Å². The van der Waals surface area contributed by atoms with E-state index in [0.717, 1.165) is 13.0 Å². The normalized spacial score (nSPS) is 17.6. The van der Waals surface area contributed by atoms with Gasteiger partial charge in [-0.25, -0.2) is 0 Å². The molecular weight excluding hydrogens is 308 g/mol. The number of hydrogen-bond donors (Lipinski definition) is 0. The molecule has 0 saturated carbocycles. The van der Waals surface area contributed by atoms with E-state index in [2.05, 4.69) is 36.2 Å². The van der Waals surface area contributed by atoms with Gasteiger partial charge in [-0.15, -0.1) is 0 Å². The van der Waals surface area contributed by atoms with Crippen molar-refractivity contribution in [3.05, 3.63) is 70.2 Å². The number of fused-ring (bicyclic) bond motifs is 1. The molecule has 4 heteroatoms. The second-order valence-electron chi connectivity index (χ2n) is 6.24. The van der Waals surface area contributed by atoms with E-state index in [1.807, 2.05) is 19.2 Å². The van der Waals surface area contributed by atoms with Gasteiger partial charge in [0.1, 0.15) is 0 Å². The minimum atomic E-state index is 0.0137. The molecule has 0 radical (unpaired) electrons. The van der Waals surface area contributed by atoms with E-state index in [1.165, 1.54) is 11.1 Å². The zero-order valence-electron chi connectivity index (χ0n) is 13.5. The van der Waals surface area contributed by atoms with Gasteiger partial charge in [-0.1, -0.05) is 41.9 Å². The molecule has 2 aromatic carbocycles. The third kappa shape index (κ3) is 3.57. The van der Waals surface area contributed by atoms with Crippen LogP contribution in [0.25, 0.3) is 0 Å². The van der Waals surface area contributed by atoms with E-state index in [4.69, 9.17) is 11.6 Å². The fourth-order valence-corrected chi connectivity index (χ4v) is 3.35. The third-order valence-electron chi connectivity index (χ3n) is 4.52. The topological polar surface area (TPSA) is 23.6 Å². The van der Waals surface area contributed by atoms with Gasteiger partial charge in [0.25, 0.3) is 5.91 Å². The summed E-state index contributed by atoms with van der Waals surface area (Å²) < 4.78 is 0. The number of hydrogen-bond acceptors (Lipinski definition) is 2. The first kappa shape index (κ1) is 16.0. The second-order valence-corrected chi connectivity index (χ2v) is 6.67. The molecule has 0 bridgehead atoms. The average molecular weight is 329 g/mol.